The third-order valence-corrected chi connectivity index (χ3v) is 4.97. The molecular formula is C22H27N2O. The lowest BCUT2D eigenvalue weighted by Gasteiger charge is -2.41. The maximum atomic E-state index is 12.7. The monoisotopic (exact) mass is 335 g/mol. The third-order valence-electron chi connectivity index (χ3n) is 4.97. The molecule has 25 heavy (non-hydrogen) atoms. The summed E-state index contributed by atoms with van der Waals surface area (Å²) in [6.07, 6.45) is 0.488. The summed E-state index contributed by atoms with van der Waals surface area (Å²) < 4.78 is 0. The molecular weight excluding hydrogens is 308 g/mol. The van der Waals surface area contributed by atoms with E-state index in [0.717, 1.165) is 25.2 Å². The first-order valence-corrected chi connectivity index (χ1v) is 9.14. The molecule has 0 aromatic heterocycles. The molecule has 2 aromatic carbocycles. The molecule has 3 nitrogen and oxygen atoms in total. The van der Waals surface area contributed by atoms with Crippen molar-refractivity contribution in [2.45, 2.75) is 39.2 Å². The molecule has 0 saturated carbocycles. The SMILES string of the molecule is CC(C)c1c[c]cc(N2CCN(C(=O)Cc3ccccc3)[C@H](C)C2)c1. The van der Waals surface area contributed by atoms with Crippen molar-refractivity contribution in [2.75, 3.05) is 24.5 Å². The van der Waals surface area contributed by atoms with Crippen molar-refractivity contribution < 1.29 is 4.79 Å². The van der Waals surface area contributed by atoms with Crippen LogP contribution in [0.4, 0.5) is 5.69 Å². The number of rotatable bonds is 4. The predicted molar refractivity (Wildman–Crippen MR) is 103 cm³/mol. The normalized spacial score (nSPS) is 17.8. The average molecular weight is 335 g/mol. The molecule has 0 bridgehead atoms. The number of nitrogens with zero attached hydrogens (tertiary/aromatic N) is 2. The summed E-state index contributed by atoms with van der Waals surface area (Å²) in [5.41, 5.74) is 3.61. The van der Waals surface area contributed by atoms with Crippen LogP contribution in [0.1, 0.15) is 37.8 Å². The van der Waals surface area contributed by atoms with Crippen LogP contribution in [-0.2, 0) is 11.2 Å². The zero-order chi connectivity index (χ0) is 17.8. The van der Waals surface area contributed by atoms with Crippen molar-refractivity contribution >= 4 is 11.6 Å². The highest BCUT2D eigenvalue weighted by molar-refractivity contribution is 5.79. The van der Waals surface area contributed by atoms with Gasteiger partial charge < -0.3 is 9.80 Å². The summed E-state index contributed by atoms with van der Waals surface area (Å²) in [7, 11) is 0. The maximum absolute atomic E-state index is 12.7. The summed E-state index contributed by atoms with van der Waals surface area (Å²) in [5, 5.41) is 0. The fourth-order valence-corrected chi connectivity index (χ4v) is 3.43. The van der Waals surface area contributed by atoms with Crippen LogP contribution in [0.25, 0.3) is 0 Å². The molecule has 0 spiro atoms. The Morgan fingerprint density at radius 3 is 2.64 bits per heavy atom. The fraction of sp³-hybridized carbons (Fsp3) is 0.409. The zero-order valence-electron chi connectivity index (χ0n) is 15.4. The zero-order valence-corrected chi connectivity index (χ0v) is 15.4. The van der Waals surface area contributed by atoms with Gasteiger partial charge in [-0.25, -0.2) is 0 Å². The summed E-state index contributed by atoms with van der Waals surface area (Å²) in [6.45, 7) is 9.07. The Balaban J connectivity index is 1.64. The van der Waals surface area contributed by atoms with E-state index in [1.807, 2.05) is 35.2 Å². The van der Waals surface area contributed by atoms with Gasteiger partial charge in [0.2, 0.25) is 5.91 Å². The van der Waals surface area contributed by atoms with Gasteiger partial charge in [-0.2, -0.15) is 0 Å². The van der Waals surface area contributed by atoms with Gasteiger partial charge in [-0.15, -0.1) is 0 Å². The van der Waals surface area contributed by atoms with Crippen LogP contribution in [-0.4, -0.2) is 36.5 Å². The number of hydrogen-bond donors (Lipinski definition) is 0. The Morgan fingerprint density at radius 2 is 1.96 bits per heavy atom. The van der Waals surface area contributed by atoms with Crippen molar-refractivity contribution in [1.82, 2.24) is 4.90 Å². The average Bonchev–Trinajstić information content (AvgIpc) is 2.62. The van der Waals surface area contributed by atoms with Gasteiger partial charge in [-0.05, 0) is 42.2 Å². The first kappa shape index (κ1) is 17.5. The van der Waals surface area contributed by atoms with Crippen molar-refractivity contribution in [3.63, 3.8) is 0 Å². The van der Waals surface area contributed by atoms with Crippen LogP contribution in [0, 0.1) is 6.07 Å². The second-order valence-corrected chi connectivity index (χ2v) is 7.22. The van der Waals surface area contributed by atoms with Gasteiger partial charge in [-0.1, -0.05) is 50.2 Å². The molecule has 1 atom stereocenters. The molecule has 0 aliphatic carbocycles. The Hall–Kier alpha value is -2.29. The molecule has 1 fully saturated rings. The Morgan fingerprint density at radius 1 is 1.20 bits per heavy atom. The van der Waals surface area contributed by atoms with Crippen molar-refractivity contribution in [2.24, 2.45) is 0 Å². The molecule has 1 radical (unpaired) electrons. The molecule has 0 unspecified atom stereocenters. The molecule has 1 amide bonds. The van der Waals surface area contributed by atoms with E-state index in [1.165, 1.54) is 11.3 Å². The molecule has 1 aliphatic heterocycles. The van der Waals surface area contributed by atoms with Crippen LogP contribution in [0.2, 0.25) is 0 Å². The quantitative estimate of drug-likeness (QED) is 0.846. The van der Waals surface area contributed by atoms with Gasteiger partial charge in [0.05, 0.1) is 6.42 Å². The summed E-state index contributed by atoms with van der Waals surface area (Å²) >= 11 is 0. The predicted octanol–water partition coefficient (Wildman–Crippen LogP) is 3.89. The number of carbonyl (C=O) groups excluding carboxylic acids is 1. The van der Waals surface area contributed by atoms with Crippen LogP contribution < -0.4 is 4.90 Å². The molecule has 131 valence electrons. The van der Waals surface area contributed by atoms with E-state index in [1.54, 1.807) is 0 Å². The van der Waals surface area contributed by atoms with E-state index in [0.29, 0.717) is 12.3 Å². The Bertz CT molecular complexity index is 711. The maximum Gasteiger partial charge on any atom is 0.227 e. The molecule has 0 N–H and O–H groups in total. The number of amides is 1. The highest BCUT2D eigenvalue weighted by Crippen LogP contribution is 2.24. The first-order chi connectivity index (χ1) is 12.0. The van der Waals surface area contributed by atoms with Crippen LogP contribution in [0.3, 0.4) is 0 Å². The second-order valence-electron chi connectivity index (χ2n) is 7.22. The van der Waals surface area contributed by atoms with Gasteiger partial charge in [0.1, 0.15) is 0 Å². The summed E-state index contributed by atoms with van der Waals surface area (Å²) in [4.78, 5) is 17.1. The third kappa shape index (κ3) is 4.22. The van der Waals surface area contributed by atoms with Gasteiger partial charge in [0.25, 0.3) is 0 Å². The van der Waals surface area contributed by atoms with Crippen LogP contribution in [0.15, 0.2) is 48.5 Å². The number of benzene rings is 2. The van der Waals surface area contributed by atoms with Crippen LogP contribution >= 0.6 is 0 Å². The van der Waals surface area contributed by atoms with Crippen molar-refractivity contribution in [1.29, 1.82) is 0 Å². The number of hydrogen-bond acceptors (Lipinski definition) is 2. The van der Waals surface area contributed by atoms with Crippen LogP contribution in [0.5, 0.6) is 0 Å². The topological polar surface area (TPSA) is 23.6 Å². The van der Waals surface area contributed by atoms with E-state index in [-0.39, 0.29) is 11.9 Å². The van der Waals surface area contributed by atoms with E-state index in [9.17, 15) is 4.79 Å². The molecule has 1 heterocycles. The fourth-order valence-electron chi connectivity index (χ4n) is 3.43. The largest absolute Gasteiger partial charge is 0.368 e. The number of piperazine rings is 1. The van der Waals surface area contributed by atoms with Gasteiger partial charge in [-0.3, -0.25) is 4.79 Å². The van der Waals surface area contributed by atoms with Gasteiger partial charge >= 0.3 is 0 Å². The summed E-state index contributed by atoms with van der Waals surface area (Å²) in [6, 6.07) is 19.9. The van der Waals surface area contributed by atoms with E-state index < -0.39 is 0 Å². The Kier molecular flexibility index (Phi) is 5.42. The molecule has 3 heteroatoms. The minimum atomic E-state index is 0.215. The smallest absolute Gasteiger partial charge is 0.227 e. The highest BCUT2D eigenvalue weighted by Gasteiger charge is 2.27. The standard InChI is InChI=1S/C22H27N2O/c1-17(2)20-10-7-11-21(15-20)23-12-13-24(18(3)16-23)22(25)14-19-8-5-4-6-9-19/h4-6,8-11,15,17-18H,12-14,16H2,1-3H3/t18-/m1/s1. The lowest BCUT2D eigenvalue weighted by Crippen LogP contribution is -2.54. The second kappa shape index (κ2) is 7.73. The molecule has 1 aliphatic rings. The molecule has 2 aromatic rings. The van der Waals surface area contributed by atoms with E-state index in [4.69, 9.17) is 0 Å². The van der Waals surface area contributed by atoms with E-state index >= 15 is 0 Å². The van der Waals surface area contributed by atoms with Crippen molar-refractivity contribution in [3.05, 3.63) is 65.7 Å². The van der Waals surface area contributed by atoms with Gasteiger partial charge in [0, 0.05) is 31.4 Å². The first-order valence-electron chi connectivity index (χ1n) is 9.14. The number of anilines is 1. The number of carbonyl (C=O) groups is 1. The molecule has 3 rings (SSSR count). The lowest BCUT2D eigenvalue weighted by molar-refractivity contribution is -0.132. The summed E-state index contributed by atoms with van der Waals surface area (Å²) in [5.74, 6) is 0.725. The minimum absolute atomic E-state index is 0.215. The Labute approximate surface area is 151 Å². The van der Waals surface area contributed by atoms with Gasteiger partial charge in [0.15, 0.2) is 0 Å². The highest BCUT2D eigenvalue weighted by atomic mass is 16.2. The van der Waals surface area contributed by atoms with Crippen molar-refractivity contribution in [3.8, 4) is 0 Å². The lowest BCUT2D eigenvalue weighted by atomic mass is 10.0. The molecule has 1 saturated heterocycles. The van der Waals surface area contributed by atoms with E-state index in [2.05, 4.69) is 49.9 Å². The minimum Gasteiger partial charge on any atom is -0.368 e.